The first-order valence-electron chi connectivity index (χ1n) is 8.27. The summed E-state index contributed by atoms with van der Waals surface area (Å²) in [6, 6.07) is 10.2. The van der Waals surface area contributed by atoms with E-state index < -0.39 is 0 Å². The Morgan fingerprint density at radius 2 is 1.48 bits per heavy atom. The summed E-state index contributed by atoms with van der Waals surface area (Å²) < 4.78 is 6.34. The van der Waals surface area contributed by atoms with Crippen LogP contribution in [0.2, 0.25) is 0 Å². The van der Waals surface area contributed by atoms with Crippen molar-refractivity contribution in [3.8, 4) is 5.75 Å². The molecule has 0 N–H and O–H groups in total. The van der Waals surface area contributed by atoms with Crippen molar-refractivity contribution in [2.75, 3.05) is 0 Å². The number of hydrogen-bond donors (Lipinski definition) is 0. The van der Waals surface area contributed by atoms with Crippen molar-refractivity contribution in [1.82, 2.24) is 0 Å². The van der Waals surface area contributed by atoms with Crippen molar-refractivity contribution < 1.29 is 4.74 Å². The average Bonchev–Trinajstić information content (AvgIpc) is 2.47. The van der Waals surface area contributed by atoms with Crippen LogP contribution in [0.4, 0.5) is 0 Å². The van der Waals surface area contributed by atoms with Crippen LogP contribution in [0, 0.1) is 23.7 Å². The molecule has 2 unspecified atom stereocenters. The summed E-state index contributed by atoms with van der Waals surface area (Å²) in [5, 5.41) is 0. The molecule has 0 saturated heterocycles. The molecule has 0 aliphatic carbocycles. The normalized spacial score (nSPS) is 15.6. The molecule has 1 heteroatoms. The van der Waals surface area contributed by atoms with Gasteiger partial charge in [0.1, 0.15) is 11.9 Å². The lowest BCUT2D eigenvalue weighted by atomic mass is 9.71. The first-order valence-corrected chi connectivity index (χ1v) is 8.27. The van der Waals surface area contributed by atoms with Crippen LogP contribution in [-0.2, 0) is 0 Å². The number of hydrogen-bond acceptors (Lipinski definition) is 1. The van der Waals surface area contributed by atoms with E-state index in [0.29, 0.717) is 5.92 Å². The monoisotopic (exact) mass is 289 g/mol. The van der Waals surface area contributed by atoms with Crippen LogP contribution < -0.4 is 4.74 Å². The largest absolute Gasteiger partial charge is 0.490 e. The van der Waals surface area contributed by atoms with Crippen molar-refractivity contribution in [2.45, 2.75) is 66.9 Å². The van der Waals surface area contributed by atoms with Gasteiger partial charge in [-0.05, 0) is 43.2 Å². The lowest BCUT2D eigenvalue weighted by molar-refractivity contribution is 0.0357. The molecular weight excluding hydrogens is 256 g/mol. The molecule has 0 amide bonds. The van der Waals surface area contributed by atoms with Gasteiger partial charge < -0.3 is 4.74 Å². The van der Waals surface area contributed by atoms with Gasteiger partial charge in [-0.25, -0.2) is 0 Å². The molecule has 1 nitrogen and oxygen atoms in total. The van der Waals surface area contributed by atoms with Crippen molar-refractivity contribution in [3.63, 3.8) is 0 Å². The lowest BCUT2D eigenvalue weighted by Gasteiger charge is -2.39. The van der Waals surface area contributed by atoms with Gasteiger partial charge in [0.25, 0.3) is 0 Å². The smallest absolute Gasteiger partial charge is 0.119 e. The van der Waals surface area contributed by atoms with E-state index in [1.807, 2.05) is 30.3 Å². The van der Waals surface area contributed by atoms with E-state index in [0.717, 1.165) is 25.0 Å². The predicted molar refractivity (Wildman–Crippen MR) is 92.5 cm³/mol. The van der Waals surface area contributed by atoms with Crippen molar-refractivity contribution in [3.05, 3.63) is 37.3 Å². The maximum Gasteiger partial charge on any atom is 0.119 e. The second-order valence-corrected chi connectivity index (χ2v) is 7.54. The SMILES string of the molecule is [CH2]C(CC(Oc1ccccc1)C(C)(C)CC)C(C)(C)CC. The molecule has 1 rings (SSSR count). The molecular formula is C20H33O. The minimum Gasteiger partial charge on any atom is -0.490 e. The van der Waals surface area contributed by atoms with Crippen molar-refractivity contribution in [1.29, 1.82) is 0 Å². The molecule has 0 spiro atoms. The van der Waals surface area contributed by atoms with Gasteiger partial charge in [0.2, 0.25) is 0 Å². The van der Waals surface area contributed by atoms with Gasteiger partial charge in [-0.15, -0.1) is 0 Å². The summed E-state index contributed by atoms with van der Waals surface area (Å²) in [5.74, 6) is 1.35. The number of ether oxygens (including phenoxy) is 1. The van der Waals surface area contributed by atoms with E-state index >= 15 is 0 Å². The fraction of sp³-hybridized carbons (Fsp3) is 0.650. The summed E-state index contributed by atoms with van der Waals surface area (Å²) >= 11 is 0. The maximum absolute atomic E-state index is 6.34. The van der Waals surface area contributed by atoms with Crippen LogP contribution in [0.25, 0.3) is 0 Å². The average molecular weight is 289 g/mol. The van der Waals surface area contributed by atoms with Crippen LogP contribution in [0.5, 0.6) is 5.75 Å². The van der Waals surface area contributed by atoms with Crippen molar-refractivity contribution in [2.24, 2.45) is 16.7 Å². The van der Waals surface area contributed by atoms with Gasteiger partial charge in [-0.3, -0.25) is 0 Å². The third-order valence-electron chi connectivity index (χ3n) is 5.32. The zero-order chi connectivity index (χ0) is 16.1. The van der Waals surface area contributed by atoms with Crippen LogP contribution in [0.1, 0.15) is 60.8 Å². The second kappa shape index (κ2) is 7.33. The Kier molecular flexibility index (Phi) is 6.31. The Hall–Kier alpha value is -0.980. The van der Waals surface area contributed by atoms with Gasteiger partial charge >= 0.3 is 0 Å². The topological polar surface area (TPSA) is 9.23 Å². The second-order valence-electron chi connectivity index (χ2n) is 7.54. The number of benzene rings is 1. The third-order valence-corrected chi connectivity index (χ3v) is 5.32. The van der Waals surface area contributed by atoms with E-state index in [1.54, 1.807) is 0 Å². The zero-order valence-electron chi connectivity index (χ0n) is 14.8. The molecule has 0 heterocycles. The third kappa shape index (κ3) is 5.05. The van der Waals surface area contributed by atoms with Gasteiger partial charge in [0.05, 0.1) is 0 Å². The standard InChI is InChI=1S/C20H33O/c1-8-19(4,5)16(3)15-18(20(6,7)9-2)21-17-13-11-10-12-14-17/h10-14,16,18H,3,8-9,15H2,1-2,4-7H3. The lowest BCUT2D eigenvalue weighted by Crippen LogP contribution is -2.38. The molecule has 0 aromatic heterocycles. The van der Waals surface area contributed by atoms with Crippen molar-refractivity contribution >= 4 is 0 Å². The Morgan fingerprint density at radius 1 is 0.952 bits per heavy atom. The molecule has 0 aliphatic heterocycles. The van der Waals surface area contributed by atoms with E-state index in [4.69, 9.17) is 4.74 Å². The molecule has 0 aliphatic rings. The fourth-order valence-corrected chi connectivity index (χ4v) is 2.28. The van der Waals surface area contributed by atoms with Gasteiger partial charge in [-0.2, -0.15) is 0 Å². The van der Waals surface area contributed by atoms with E-state index in [1.165, 1.54) is 0 Å². The maximum atomic E-state index is 6.34. The highest BCUT2D eigenvalue weighted by Crippen LogP contribution is 2.39. The predicted octanol–water partition coefficient (Wildman–Crippen LogP) is 6.15. The van der Waals surface area contributed by atoms with E-state index in [-0.39, 0.29) is 16.9 Å². The molecule has 21 heavy (non-hydrogen) atoms. The molecule has 0 fully saturated rings. The molecule has 1 aromatic carbocycles. The molecule has 1 aromatic rings. The molecule has 0 bridgehead atoms. The van der Waals surface area contributed by atoms with Crippen LogP contribution in [-0.4, -0.2) is 6.10 Å². The molecule has 119 valence electrons. The number of para-hydroxylation sites is 1. The van der Waals surface area contributed by atoms with Gasteiger partial charge in [0.15, 0.2) is 0 Å². The quantitative estimate of drug-likeness (QED) is 0.558. The Morgan fingerprint density at radius 3 is 1.95 bits per heavy atom. The minimum atomic E-state index is 0.148. The highest BCUT2D eigenvalue weighted by Gasteiger charge is 2.35. The Balaban J connectivity index is 2.89. The summed E-state index contributed by atoms with van der Waals surface area (Å²) in [4.78, 5) is 0. The van der Waals surface area contributed by atoms with E-state index in [2.05, 4.69) is 48.5 Å². The van der Waals surface area contributed by atoms with Gasteiger partial charge in [-0.1, -0.05) is 66.2 Å². The molecule has 1 radical (unpaired) electrons. The molecule has 2 atom stereocenters. The Labute approximate surface area is 132 Å². The zero-order valence-corrected chi connectivity index (χ0v) is 14.8. The fourth-order valence-electron chi connectivity index (χ4n) is 2.28. The summed E-state index contributed by atoms with van der Waals surface area (Å²) in [6.07, 6.45) is 3.43. The Bertz CT molecular complexity index is 405. The highest BCUT2D eigenvalue weighted by atomic mass is 16.5. The van der Waals surface area contributed by atoms with Gasteiger partial charge in [0, 0.05) is 5.41 Å². The van der Waals surface area contributed by atoms with Crippen LogP contribution >= 0.6 is 0 Å². The molecule has 0 saturated carbocycles. The van der Waals surface area contributed by atoms with Crippen LogP contribution in [0.3, 0.4) is 0 Å². The first-order chi connectivity index (χ1) is 9.73. The summed E-state index contributed by atoms with van der Waals surface area (Å²) in [7, 11) is 0. The van der Waals surface area contributed by atoms with Crippen LogP contribution in [0.15, 0.2) is 30.3 Å². The highest BCUT2D eigenvalue weighted by molar-refractivity contribution is 5.21. The first kappa shape index (κ1) is 18.1. The summed E-state index contributed by atoms with van der Waals surface area (Å²) in [6.45, 7) is 18.1. The minimum absolute atomic E-state index is 0.148. The number of rotatable bonds is 8. The summed E-state index contributed by atoms with van der Waals surface area (Å²) in [5.41, 5.74) is 0.401. The van der Waals surface area contributed by atoms with E-state index in [9.17, 15) is 0 Å².